The zero-order valence-corrected chi connectivity index (χ0v) is 13.2. The van der Waals surface area contributed by atoms with E-state index in [1.54, 1.807) is 0 Å². The number of benzene rings is 3. The van der Waals surface area contributed by atoms with Crippen molar-refractivity contribution in [3.63, 3.8) is 0 Å². The number of aryl methyl sites for hydroxylation is 2. The number of hydrogen-bond acceptors (Lipinski definition) is 1. The maximum absolute atomic E-state index is 9.03. The summed E-state index contributed by atoms with van der Waals surface area (Å²) in [6.07, 6.45) is 0. The summed E-state index contributed by atoms with van der Waals surface area (Å²) >= 11 is 0. The monoisotopic (exact) mass is 299 g/mol. The summed E-state index contributed by atoms with van der Waals surface area (Å²) in [6.45, 7) is 4.12. The molecule has 0 unspecified atom stereocenters. The minimum absolute atomic E-state index is 0.674. The fourth-order valence-electron chi connectivity index (χ4n) is 2.72. The second-order valence-corrected chi connectivity index (χ2v) is 5.63. The molecule has 0 aliphatic rings. The molecule has 0 N–H and O–H groups in total. The lowest BCUT2D eigenvalue weighted by atomic mass is 9.93. The number of nitrogens with zero attached hydrogens (tertiary/aromatic N) is 3. The highest BCUT2D eigenvalue weighted by Crippen LogP contribution is 2.40. The molecule has 0 saturated heterocycles. The Hall–Kier alpha value is -3.03. The minimum atomic E-state index is 0.674. The van der Waals surface area contributed by atoms with E-state index in [1.165, 1.54) is 5.56 Å². The fourth-order valence-corrected chi connectivity index (χ4v) is 2.72. The quantitative estimate of drug-likeness (QED) is 0.298. The Bertz CT molecular complexity index is 875. The van der Waals surface area contributed by atoms with Crippen LogP contribution in [0.1, 0.15) is 11.1 Å². The molecule has 3 aromatic carbocycles. The van der Waals surface area contributed by atoms with Gasteiger partial charge in [0.1, 0.15) is 0 Å². The molecule has 112 valence electrons. The van der Waals surface area contributed by atoms with Crippen molar-refractivity contribution in [3.8, 4) is 22.3 Å². The van der Waals surface area contributed by atoms with E-state index in [-0.39, 0.29) is 0 Å². The summed E-state index contributed by atoms with van der Waals surface area (Å²) in [5, 5.41) is 4.00. The van der Waals surface area contributed by atoms with Crippen LogP contribution in [0, 0.1) is 13.8 Å². The molecule has 0 amide bonds. The third kappa shape index (κ3) is 3.10. The van der Waals surface area contributed by atoms with Crippen molar-refractivity contribution in [2.45, 2.75) is 13.8 Å². The van der Waals surface area contributed by atoms with E-state index in [0.717, 1.165) is 27.8 Å². The Morgan fingerprint density at radius 1 is 0.739 bits per heavy atom. The number of azide groups is 1. The summed E-state index contributed by atoms with van der Waals surface area (Å²) < 4.78 is 0. The molecule has 0 heterocycles. The average molecular weight is 299 g/mol. The molecule has 3 rings (SSSR count). The van der Waals surface area contributed by atoms with Crippen LogP contribution in [-0.4, -0.2) is 0 Å². The summed E-state index contributed by atoms with van der Waals surface area (Å²) in [4.78, 5) is 3.05. The van der Waals surface area contributed by atoms with Crippen molar-refractivity contribution < 1.29 is 0 Å². The molecular formula is C20H17N3. The summed E-state index contributed by atoms with van der Waals surface area (Å²) in [5.41, 5.74) is 16.1. The summed E-state index contributed by atoms with van der Waals surface area (Å²) in [5.74, 6) is 0. The normalized spacial score (nSPS) is 10.2. The van der Waals surface area contributed by atoms with Crippen molar-refractivity contribution in [1.82, 2.24) is 0 Å². The van der Waals surface area contributed by atoms with Crippen LogP contribution >= 0.6 is 0 Å². The second kappa shape index (κ2) is 6.39. The van der Waals surface area contributed by atoms with E-state index < -0.39 is 0 Å². The molecular weight excluding hydrogens is 282 g/mol. The van der Waals surface area contributed by atoms with Crippen LogP contribution in [-0.2, 0) is 0 Å². The molecule has 0 saturated carbocycles. The van der Waals surface area contributed by atoms with Crippen LogP contribution in [0.25, 0.3) is 32.7 Å². The molecule has 0 aliphatic carbocycles. The molecule has 0 spiro atoms. The van der Waals surface area contributed by atoms with Gasteiger partial charge in [-0.3, -0.25) is 0 Å². The van der Waals surface area contributed by atoms with Gasteiger partial charge in [-0.25, -0.2) is 0 Å². The van der Waals surface area contributed by atoms with Crippen LogP contribution in [0.4, 0.5) is 5.69 Å². The summed E-state index contributed by atoms with van der Waals surface area (Å²) in [6, 6.07) is 22.4. The van der Waals surface area contributed by atoms with Crippen LogP contribution < -0.4 is 0 Å². The largest absolute Gasteiger partial charge is 0.0622 e. The van der Waals surface area contributed by atoms with E-state index in [1.807, 2.05) is 30.3 Å². The van der Waals surface area contributed by atoms with Crippen molar-refractivity contribution in [2.75, 3.05) is 0 Å². The Kier molecular flexibility index (Phi) is 4.13. The van der Waals surface area contributed by atoms with E-state index in [2.05, 4.69) is 60.3 Å². The van der Waals surface area contributed by atoms with Gasteiger partial charge in [0.05, 0.1) is 5.69 Å². The minimum Gasteiger partial charge on any atom is -0.0622 e. The molecule has 0 fully saturated rings. The zero-order chi connectivity index (χ0) is 16.2. The zero-order valence-electron chi connectivity index (χ0n) is 13.2. The fraction of sp³-hybridized carbons (Fsp3) is 0.100. The molecule has 0 bridgehead atoms. The molecule has 0 aromatic heterocycles. The Balaban J connectivity index is 2.30. The molecule has 3 aromatic rings. The van der Waals surface area contributed by atoms with Gasteiger partial charge < -0.3 is 0 Å². The van der Waals surface area contributed by atoms with E-state index in [0.29, 0.717) is 5.69 Å². The first-order valence-electron chi connectivity index (χ1n) is 7.51. The van der Waals surface area contributed by atoms with Gasteiger partial charge in [0, 0.05) is 4.91 Å². The third-order valence-electron chi connectivity index (χ3n) is 3.85. The van der Waals surface area contributed by atoms with Gasteiger partial charge in [-0.05, 0) is 47.2 Å². The van der Waals surface area contributed by atoms with Gasteiger partial charge in [0.25, 0.3) is 0 Å². The maximum Gasteiger partial charge on any atom is 0.0532 e. The van der Waals surface area contributed by atoms with Gasteiger partial charge in [-0.2, -0.15) is 0 Å². The first-order chi connectivity index (χ1) is 11.2. The van der Waals surface area contributed by atoms with Gasteiger partial charge in [-0.1, -0.05) is 77.4 Å². The van der Waals surface area contributed by atoms with Crippen molar-refractivity contribution in [1.29, 1.82) is 0 Å². The molecule has 3 nitrogen and oxygen atoms in total. The van der Waals surface area contributed by atoms with Crippen LogP contribution in [0.2, 0.25) is 0 Å². The smallest absolute Gasteiger partial charge is 0.0532 e. The highest BCUT2D eigenvalue weighted by Gasteiger charge is 2.12. The van der Waals surface area contributed by atoms with Gasteiger partial charge >= 0.3 is 0 Å². The van der Waals surface area contributed by atoms with E-state index >= 15 is 0 Å². The summed E-state index contributed by atoms with van der Waals surface area (Å²) in [7, 11) is 0. The topological polar surface area (TPSA) is 48.8 Å². The molecule has 0 aliphatic heterocycles. The third-order valence-corrected chi connectivity index (χ3v) is 3.85. The highest BCUT2D eigenvalue weighted by molar-refractivity contribution is 5.89. The van der Waals surface area contributed by atoms with Gasteiger partial charge in [-0.15, -0.1) is 0 Å². The Morgan fingerprint density at radius 2 is 1.30 bits per heavy atom. The van der Waals surface area contributed by atoms with Crippen molar-refractivity contribution >= 4 is 5.69 Å². The predicted molar refractivity (Wildman–Crippen MR) is 95.6 cm³/mol. The SMILES string of the molecule is Cc1ccc(-c2cc(C)cc(-c3ccccc3)c2N=[N+]=[N-])cc1. The average Bonchev–Trinajstić information content (AvgIpc) is 2.58. The number of hydrogen-bond donors (Lipinski definition) is 0. The van der Waals surface area contributed by atoms with Crippen LogP contribution in [0.3, 0.4) is 0 Å². The lowest BCUT2D eigenvalue weighted by Crippen LogP contribution is -1.87. The lowest BCUT2D eigenvalue weighted by Gasteiger charge is -2.13. The van der Waals surface area contributed by atoms with E-state index in [4.69, 9.17) is 5.53 Å². The Morgan fingerprint density at radius 3 is 1.87 bits per heavy atom. The standard InChI is InChI=1S/C20H17N3/c1-14-8-10-17(11-9-14)19-13-15(2)12-18(20(19)22-23-21)16-6-4-3-5-7-16/h3-13H,1-2H3. The van der Waals surface area contributed by atoms with Crippen LogP contribution in [0.15, 0.2) is 71.8 Å². The molecule has 0 radical (unpaired) electrons. The predicted octanol–water partition coefficient (Wildman–Crippen LogP) is 6.58. The van der Waals surface area contributed by atoms with Crippen molar-refractivity contribution in [2.24, 2.45) is 5.11 Å². The van der Waals surface area contributed by atoms with Gasteiger partial charge in [0.2, 0.25) is 0 Å². The molecule has 0 atom stereocenters. The van der Waals surface area contributed by atoms with Crippen molar-refractivity contribution in [3.05, 3.63) is 88.3 Å². The number of rotatable bonds is 3. The van der Waals surface area contributed by atoms with Crippen LogP contribution in [0.5, 0.6) is 0 Å². The molecule has 3 heteroatoms. The van der Waals surface area contributed by atoms with Gasteiger partial charge in [0.15, 0.2) is 0 Å². The molecule has 23 heavy (non-hydrogen) atoms. The lowest BCUT2D eigenvalue weighted by molar-refractivity contribution is 1.40. The second-order valence-electron chi connectivity index (χ2n) is 5.63. The maximum atomic E-state index is 9.03. The first-order valence-corrected chi connectivity index (χ1v) is 7.51. The first kappa shape index (κ1) is 14.9. The van der Waals surface area contributed by atoms with E-state index in [9.17, 15) is 0 Å². The Labute approximate surface area is 135 Å². The highest BCUT2D eigenvalue weighted by atomic mass is 15.1.